The molecule has 8 nitrogen and oxygen atoms in total. The van der Waals surface area contributed by atoms with Crippen molar-refractivity contribution in [2.75, 3.05) is 26.2 Å². The molecule has 1 aromatic heterocycles. The van der Waals surface area contributed by atoms with Crippen LogP contribution in [-0.2, 0) is 16.0 Å². The van der Waals surface area contributed by atoms with Gasteiger partial charge in [0.1, 0.15) is 17.1 Å². The molecule has 2 rings (SSSR count). The lowest BCUT2D eigenvalue weighted by atomic mass is 10.1. The molecule has 158 valence electrons. The van der Waals surface area contributed by atoms with Gasteiger partial charge in [-0.3, -0.25) is 0 Å². The van der Waals surface area contributed by atoms with E-state index in [0.29, 0.717) is 21.5 Å². The molecule has 0 aliphatic heterocycles. The first-order chi connectivity index (χ1) is 13.6. The van der Waals surface area contributed by atoms with Crippen LogP contribution in [0.25, 0.3) is 0 Å². The van der Waals surface area contributed by atoms with Crippen LogP contribution in [0.1, 0.15) is 41.7 Å². The first kappa shape index (κ1) is 22.5. The third-order valence-corrected chi connectivity index (χ3v) is 4.83. The Morgan fingerprint density at radius 2 is 1.83 bits per heavy atom. The third-order valence-electron chi connectivity index (χ3n) is 3.83. The zero-order chi connectivity index (χ0) is 21.8. The van der Waals surface area contributed by atoms with E-state index in [1.165, 1.54) is 23.3 Å². The Morgan fingerprint density at radius 1 is 1.14 bits per heavy atom. The van der Waals surface area contributed by atoms with Gasteiger partial charge in [-0.1, -0.05) is 0 Å². The van der Waals surface area contributed by atoms with Gasteiger partial charge in [-0.15, -0.1) is 11.3 Å². The molecule has 0 fully saturated rings. The lowest BCUT2D eigenvalue weighted by molar-refractivity contribution is 0.0567. The minimum atomic E-state index is -0.698. The number of thiazole rings is 1. The molecule has 1 heterocycles. The molecular formula is C20H26N2O6S. The summed E-state index contributed by atoms with van der Waals surface area (Å²) in [6, 6.07) is 5.31. The monoisotopic (exact) mass is 422 g/mol. The number of methoxy groups -OCH3 is 3. The van der Waals surface area contributed by atoms with Crippen molar-refractivity contribution in [3.8, 4) is 11.5 Å². The number of aromatic nitrogens is 1. The molecule has 2 aromatic rings. The minimum absolute atomic E-state index is 0.135. The molecule has 0 atom stereocenters. The van der Waals surface area contributed by atoms with Gasteiger partial charge in [-0.05, 0) is 39.8 Å². The van der Waals surface area contributed by atoms with Crippen molar-refractivity contribution in [2.24, 2.45) is 0 Å². The smallest absolute Gasteiger partial charge is 0.416 e. The number of carbonyl (C=O) groups excluding carboxylic acids is 2. The Kier molecular flexibility index (Phi) is 7.07. The van der Waals surface area contributed by atoms with Crippen LogP contribution in [0, 0.1) is 6.92 Å². The summed E-state index contributed by atoms with van der Waals surface area (Å²) < 4.78 is 21.0. The summed E-state index contributed by atoms with van der Waals surface area (Å²) in [7, 11) is 4.39. The number of carbonyl (C=O) groups is 2. The topological polar surface area (TPSA) is 87.2 Å². The van der Waals surface area contributed by atoms with E-state index < -0.39 is 17.7 Å². The summed E-state index contributed by atoms with van der Waals surface area (Å²) >= 11 is 1.21. The number of rotatable bonds is 6. The van der Waals surface area contributed by atoms with Gasteiger partial charge in [-0.25, -0.2) is 19.5 Å². The maximum absolute atomic E-state index is 12.9. The fourth-order valence-electron chi connectivity index (χ4n) is 2.46. The molecule has 1 amide bonds. The number of nitrogens with zero attached hydrogens (tertiary/aromatic N) is 2. The highest BCUT2D eigenvalue weighted by molar-refractivity contribution is 7.16. The Hall–Kier alpha value is -2.81. The zero-order valence-corrected chi connectivity index (χ0v) is 18.5. The Bertz CT molecular complexity index is 888. The van der Waals surface area contributed by atoms with Crippen LogP contribution in [0.4, 0.5) is 9.93 Å². The van der Waals surface area contributed by atoms with E-state index >= 15 is 0 Å². The van der Waals surface area contributed by atoms with E-state index in [4.69, 9.17) is 18.9 Å². The molecule has 0 bridgehead atoms. The first-order valence-electron chi connectivity index (χ1n) is 8.86. The van der Waals surface area contributed by atoms with E-state index in [1.54, 1.807) is 60.1 Å². The van der Waals surface area contributed by atoms with Gasteiger partial charge < -0.3 is 18.9 Å². The van der Waals surface area contributed by atoms with Crippen LogP contribution < -0.4 is 14.4 Å². The number of anilines is 1. The molecule has 0 spiro atoms. The van der Waals surface area contributed by atoms with Crippen molar-refractivity contribution in [2.45, 2.75) is 39.8 Å². The van der Waals surface area contributed by atoms with E-state index in [2.05, 4.69) is 4.98 Å². The fourth-order valence-corrected chi connectivity index (χ4v) is 3.35. The summed E-state index contributed by atoms with van der Waals surface area (Å²) in [6.07, 6.45) is -0.583. The molecule has 0 unspecified atom stereocenters. The predicted octanol–water partition coefficient (Wildman–Crippen LogP) is 4.20. The van der Waals surface area contributed by atoms with E-state index in [1.807, 2.05) is 0 Å². The molecule has 0 N–H and O–H groups in total. The predicted molar refractivity (Wildman–Crippen MR) is 110 cm³/mol. The van der Waals surface area contributed by atoms with Crippen LogP contribution in [0.15, 0.2) is 18.2 Å². The highest BCUT2D eigenvalue weighted by Gasteiger charge is 2.29. The van der Waals surface area contributed by atoms with Crippen LogP contribution in [0.2, 0.25) is 0 Å². The molecule has 0 radical (unpaired) electrons. The number of benzene rings is 1. The summed E-state index contributed by atoms with van der Waals surface area (Å²) in [5.41, 5.74) is 0.200. The Labute approximate surface area is 174 Å². The second-order valence-corrected chi connectivity index (χ2v) is 8.32. The zero-order valence-electron chi connectivity index (χ0n) is 17.7. The second kappa shape index (κ2) is 9.13. The van der Waals surface area contributed by atoms with Crippen molar-refractivity contribution >= 4 is 28.5 Å². The molecule has 9 heteroatoms. The summed E-state index contributed by atoms with van der Waals surface area (Å²) in [4.78, 5) is 31.2. The average molecular weight is 423 g/mol. The van der Waals surface area contributed by atoms with Crippen LogP contribution in [0.3, 0.4) is 0 Å². The SMILES string of the molecule is COC(=O)c1nc(N(Cc2ccc(OC)cc2OC)C(=O)OC(C)(C)C)sc1C. The van der Waals surface area contributed by atoms with Gasteiger partial charge in [0.2, 0.25) is 0 Å². The largest absolute Gasteiger partial charge is 0.497 e. The van der Waals surface area contributed by atoms with Gasteiger partial charge >= 0.3 is 12.1 Å². The number of esters is 1. The van der Waals surface area contributed by atoms with Gasteiger partial charge in [-0.2, -0.15) is 0 Å². The molecule has 0 aliphatic rings. The van der Waals surface area contributed by atoms with E-state index in [0.717, 1.165) is 5.56 Å². The first-order valence-corrected chi connectivity index (χ1v) is 9.68. The molecule has 0 saturated heterocycles. The Morgan fingerprint density at radius 3 is 2.38 bits per heavy atom. The number of ether oxygens (including phenoxy) is 4. The van der Waals surface area contributed by atoms with E-state index in [9.17, 15) is 9.59 Å². The lowest BCUT2D eigenvalue weighted by Crippen LogP contribution is -2.36. The quantitative estimate of drug-likeness (QED) is 0.645. The van der Waals surface area contributed by atoms with Crippen molar-refractivity contribution < 1.29 is 28.5 Å². The average Bonchev–Trinajstić information content (AvgIpc) is 3.05. The van der Waals surface area contributed by atoms with Gasteiger partial charge in [0, 0.05) is 16.5 Å². The normalized spacial score (nSPS) is 11.0. The van der Waals surface area contributed by atoms with Gasteiger partial charge in [0.25, 0.3) is 0 Å². The third kappa shape index (κ3) is 5.60. The van der Waals surface area contributed by atoms with Gasteiger partial charge in [0.05, 0.1) is 27.9 Å². The van der Waals surface area contributed by atoms with Crippen LogP contribution >= 0.6 is 11.3 Å². The summed E-state index contributed by atoms with van der Waals surface area (Å²) in [5.74, 6) is 0.628. The maximum Gasteiger partial charge on any atom is 0.416 e. The number of hydrogen-bond acceptors (Lipinski definition) is 8. The highest BCUT2D eigenvalue weighted by atomic mass is 32.1. The molecule has 29 heavy (non-hydrogen) atoms. The second-order valence-electron chi connectivity index (χ2n) is 7.14. The maximum atomic E-state index is 12.9. The summed E-state index contributed by atoms with van der Waals surface area (Å²) in [6.45, 7) is 7.22. The lowest BCUT2D eigenvalue weighted by Gasteiger charge is -2.26. The van der Waals surface area contributed by atoms with Crippen LogP contribution in [-0.4, -0.2) is 44.0 Å². The van der Waals surface area contributed by atoms with Crippen molar-refractivity contribution in [1.82, 2.24) is 4.98 Å². The van der Waals surface area contributed by atoms with E-state index in [-0.39, 0.29) is 12.2 Å². The standard InChI is InChI=1S/C20H26N2O6S/c1-12-16(17(23)27-7)21-18(29-12)22(19(24)28-20(2,3)4)11-13-8-9-14(25-5)10-15(13)26-6/h8-10H,11H2,1-7H3. The molecule has 0 aliphatic carbocycles. The number of amides is 1. The minimum Gasteiger partial charge on any atom is -0.497 e. The number of hydrogen-bond donors (Lipinski definition) is 0. The molecular weight excluding hydrogens is 396 g/mol. The fraction of sp³-hybridized carbons (Fsp3) is 0.450. The van der Waals surface area contributed by atoms with Crippen molar-refractivity contribution in [3.63, 3.8) is 0 Å². The molecule has 0 saturated carbocycles. The van der Waals surface area contributed by atoms with Crippen LogP contribution in [0.5, 0.6) is 11.5 Å². The molecule has 1 aromatic carbocycles. The van der Waals surface area contributed by atoms with Crippen molar-refractivity contribution in [3.05, 3.63) is 34.3 Å². The highest BCUT2D eigenvalue weighted by Crippen LogP contribution is 2.32. The van der Waals surface area contributed by atoms with Gasteiger partial charge in [0.15, 0.2) is 10.8 Å². The Balaban J connectivity index is 2.46. The van der Waals surface area contributed by atoms with Crippen molar-refractivity contribution in [1.29, 1.82) is 0 Å². The number of aryl methyl sites for hydroxylation is 1. The summed E-state index contributed by atoms with van der Waals surface area (Å²) in [5, 5.41) is 0.329.